The summed E-state index contributed by atoms with van der Waals surface area (Å²) >= 11 is 0. The minimum Gasteiger partial charge on any atom is -0.496 e. The van der Waals surface area contributed by atoms with Crippen molar-refractivity contribution in [2.45, 2.75) is 6.61 Å². The summed E-state index contributed by atoms with van der Waals surface area (Å²) in [6.07, 6.45) is 1.56. The average molecular weight is 329 g/mol. The van der Waals surface area contributed by atoms with Gasteiger partial charge in [-0.3, -0.25) is 9.36 Å². The van der Waals surface area contributed by atoms with Gasteiger partial charge in [0, 0.05) is 12.3 Å². The molecule has 0 radical (unpaired) electrons. The minimum atomic E-state index is -0.551. The third kappa shape index (κ3) is 2.61. The Morgan fingerprint density at radius 2 is 1.83 bits per heavy atom. The molecular weight excluding hydrogens is 313 g/mol. The van der Waals surface area contributed by atoms with E-state index in [-0.39, 0.29) is 17.9 Å². The molecule has 0 amide bonds. The Morgan fingerprint density at radius 3 is 2.46 bits per heavy atom. The highest BCUT2D eigenvalue weighted by Gasteiger charge is 2.13. The number of pyridine rings is 1. The lowest BCUT2D eigenvalue weighted by Gasteiger charge is -2.12. The maximum Gasteiger partial charge on any atom is 0.266 e. The SMILES string of the molecule is COc1ccc(-n2ccc3cc(CO)cc(OC)c3c2=O)cc1F. The van der Waals surface area contributed by atoms with Gasteiger partial charge >= 0.3 is 0 Å². The average Bonchev–Trinajstić information content (AvgIpc) is 2.60. The summed E-state index contributed by atoms with van der Waals surface area (Å²) in [5, 5.41) is 10.3. The predicted octanol–water partition coefficient (Wildman–Crippen LogP) is 2.64. The Bertz CT molecular complexity index is 965. The summed E-state index contributed by atoms with van der Waals surface area (Å²) in [4.78, 5) is 12.8. The number of ether oxygens (including phenoxy) is 2. The third-order valence-electron chi connectivity index (χ3n) is 3.84. The Kier molecular flexibility index (Phi) is 4.22. The third-order valence-corrected chi connectivity index (χ3v) is 3.84. The monoisotopic (exact) mass is 329 g/mol. The normalized spacial score (nSPS) is 10.8. The van der Waals surface area contributed by atoms with Crippen LogP contribution in [0.1, 0.15) is 5.56 Å². The molecule has 0 saturated heterocycles. The van der Waals surface area contributed by atoms with Gasteiger partial charge in [0.2, 0.25) is 0 Å². The summed E-state index contributed by atoms with van der Waals surface area (Å²) < 4.78 is 25.4. The van der Waals surface area contributed by atoms with Gasteiger partial charge in [-0.25, -0.2) is 4.39 Å². The molecule has 1 N–H and O–H groups in total. The van der Waals surface area contributed by atoms with Crippen LogP contribution in [0.15, 0.2) is 47.4 Å². The number of hydrogen-bond acceptors (Lipinski definition) is 4. The number of fused-ring (bicyclic) bond motifs is 1. The van der Waals surface area contributed by atoms with Gasteiger partial charge in [0.25, 0.3) is 5.56 Å². The summed E-state index contributed by atoms with van der Waals surface area (Å²) in [6, 6.07) is 9.36. The van der Waals surface area contributed by atoms with Crippen LogP contribution in [0.4, 0.5) is 4.39 Å². The second kappa shape index (κ2) is 6.33. The highest BCUT2D eigenvalue weighted by Crippen LogP contribution is 2.26. The molecule has 124 valence electrons. The molecule has 0 aliphatic carbocycles. The first kappa shape index (κ1) is 16.0. The van der Waals surface area contributed by atoms with Crippen molar-refractivity contribution in [2.75, 3.05) is 14.2 Å². The molecule has 2 aromatic carbocycles. The van der Waals surface area contributed by atoms with Crippen LogP contribution in [0.3, 0.4) is 0 Å². The van der Waals surface area contributed by atoms with Gasteiger partial charge in [-0.2, -0.15) is 0 Å². The van der Waals surface area contributed by atoms with Gasteiger partial charge in [0.15, 0.2) is 11.6 Å². The number of rotatable bonds is 4. The van der Waals surface area contributed by atoms with Crippen LogP contribution in [0.5, 0.6) is 11.5 Å². The maximum atomic E-state index is 13.9. The maximum absolute atomic E-state index is 13.9. The van der Waals surface area contributed by atoms with Gasteiger partial charge in [-0.05, 0) is 41.3 Å². The van der Waals surface area contributed by atoms with Crippen LogP contribution in [0, 0.1) is 5.82 Å². The first-order valence-electron chi connectivity index (χ1n) is 7.26. The molecule has 1 heterocycles. The number of methoxy groups -OCH3 is 2. The van der Waals surface area contributed by atoms with Crippen molar-refractivity contribution in [3.8, 4) is 17.2 Å². The molecule has 0 unspecified atom stereocenters. The van der Waals surface area contributed by atoms with E-state index in [0.29, 0.717) is 27.8 Å². The molecule has 5 nitrogen and oxygen atoms in total. The lowest BCUT2D eigenvalue weighted by Crippen LogP contribution is -2.18. The molecule has 3 rings (SSSR count). The molecule has 0 aliphatic heterocycles. The van der Waals surface area contributed by atoms with Crippen LogP contribution in [0.25, 0.3) is 16.5 Å². The molecule has 0 aliphatic rings. The van der Waals surface area contributed by atoms with E-state index in [4.69, 9.17) is 9.47 Å². The smallest absolute Gasteiger partial charge is 0.266 e. The Hall–Kier alpha value is -2.86. The molecule has 0 fully saturated rings. The van der Waals surface area contributed by atoms with Gasteiger partial charge < -0.3 is 14.6 Å². The quantitative estimate of drug-likeness (QED) is 0.799. The molecule has 6 heteroatoms. The van der Waals surface area contributed by atoms with Crippen LogP contribution in [0.2, 0.25) is 0 Å². The van der Waals surface area contributed by atoms with Crippen molar-refractivity contribution in [2.24, 2.45) is 0 Å². The van der Waals surface area contributed by atoms with Crippen LogP contribution in [-0.2, 0) is 6.61 Å². The van der Waals surface area contributed by atoms with Gasteiger partial charge in [-0.15, -0.1) is 0 Å². The van der Waals surface area contributed by atoms with Crippen LogP contribution < -0.4 is 15.0 Å². The van der Waals surface area contributed by atoms with Crippen LogP contribution in [-0.4, -0.2) is 23.9 Å². The van der Waals surface area contributed by atoms with E-state index >= 15 is 0 Å². The molecule has 0 atom stereocenters. The van der Waals surface area contributed by atoms with Crippen molar-refractivity contribution in [1.29, 1.82) is 0 Å². The number of benzene rings is 2. The van der Waals surface area contributed by atoms with Crippen molar-refractivity contribution in [3.05, 3.63) is 64.3 Å². The topological polar surface area (TPSA) is 60.7 Å². The Morgan fingerprint density at radius 1 is 1.08 bits per heavy atom. The van der Waals surface area contributed by atoms with Crippen molar-refractivity contribution < 1.29 is 19.0 Å². The molecule has 1 aromatic heterocycles. The fourth-order valence-corrected chi connectivity index (χ4v) is 2.66. The Labute approximate surface area is 137 Å². The molecule has 0 spiro atoms. The Balaban J connectivity index is 2.26. The highest BCUT2D eigenvalue weighted by atomic mass is 19.1. The fourth-order valence-electron chi connectivity index (χ4n) is 2.66. The number of nitrogens with zero attached hydrogens (tertiary/aromatic N) is 1. The molecular formula is C18H16FNO4. The highest BCUT2D eigenvalue weighted by molar-refractivity contribution is 5.88. The zero-order chi connectivity index (χ0) is 17.3. The van der Waals surface area contributed by atoms with E-state index in [0.717, 1.165) is 0 Å². The standard InChI is InChI=1S/C18H16FNO4/c1-23-15-4-3-13(9-14(15)19)20-6-5-12-7-11(10-21)8-16(24-2)17(12)18(20)22/h3-9,21H,10H2,1-2H3. The van der Waals surface area contributed by atoms with Gasteiger partial charge in [0.1, 0.15) is 5.75 Å². The zero-order valence-electron chi connectivity index (χ0n) is 13.2. The molecule has 3 aromatic rings. The largest absolute Gasteiger partial charge is 0.496 e. The summed E-state index contributed by atoms with van der Waals surface area (Å²) in [7, 11) is 2.84. The van der Waals surface area contributed by atoms with Crippen molar-refractivity contribution in [1.82, 2.24) is 4.57 Å². The first-order chi connectivity index (χ1) is 11.6. The lowest BCUT2D eigenvalue weighted by molar-refractivity contribution is 0.281. The first-order valence-corrected chi connectivity index (χ1v) is 7.26. The number of hydrogen-bond donors (Lipinski definition) is 1. The number of aromatic nitrogens is 1. The van der Waals surface area contributed by atoms with Crippen molar-refractivity contribution in [3.63, 3.8) is 0 Å². The fraction of sp³-hybridized carbons (Fsp3) is 0.167. The van der Waals surface area contributed by atoms with E-state index < -0.39 is 5.82 Å². The summed E-state index contributed by atoms with van der Waals surface area (Å²) in [6.45, 7) is -0.154. The molecule has 0 bridgehead atoms. The second-order valence-corrected chi connectivity index (χ2v) is 5.23. The predicted molar refractivity (Wildman–Crippen MR) is 88.5 cm³/mol. The van der Waals surface area contributed by atoms with E-state index in [1.54, 1.807) is 30.5 Å². The van der Waals surface area contributed by atoms with Gasteiger partial charge in [-0.1, -0.05) is 0 Å². The van der Waals surface area contributed by atoms with Crippen molar-refractivity contribution >= 4 is 10.8 Å². The van der Waals surface area contributed by atoms with E-state index in [9.17, 15) is 14.3 Å². The van der Waals surface area contributed by atoms with E-state index in [1.165, 1.54) is 30.9 Å². The van der Waals surface area contributed by atoms with Crippen LogP contribution >= 0.6 is 0 Å². The van der Waals surface area contributed by atoms with Gasteiger partial charge in [0.05, 0.1) is 31.9 Å². The number of aliphatic hydroxyl groups excluding tert-OH is 1. The summed E-state index contributed by atoms with van der Waals surface area (Å²) in [5.41, 5.74) is 0.693. The van der Waals surface area contributed by atoms with E-state index in [1.807, 2.05) is 0 Å². The second-order valence-electron chi connectivity index (χ2n) is 5.23. The number of halogens is 1. The van der Waals surface area contributed by atoms with E-state index in [2.05, 4.69) is 0 Å². The number of aliphatic hydroxyl groups is 1. The minimum absolute atomic E-state index is 0.109. The summed E-state index contributed by atoms with van der Waals surface area (Å²) in [5.74, 6) is -0.0766. The molecule has 0 saturated carbocycles. The zero-order valence-corrected chi connectivity index (χ0v) is 13.2. The molecule has 24 heavy (non-hydrogen) atoms. The lowest BCUT2D eigenvalue weighted by atomic mass is 10.1.